The van der Waals surface area contributed by atoms with Crippen molar-refractivity contribution in [1.29, 1.82) is 0 Å². The molecule has 16 heavy (non-hydrogen) atoms. The molecule has 0 aromatic rings. The monoisotopic (exact) mass is 228 g/mol. The molecule has 1 aliphatic heterocycles. The van der Waals surface area contributed by atoms with E-state index in [0.29, 0.717) is 0 Å². The van der Waals surface area contributed by atoms with Crippen molar-refractivity contribution in [3.63, 3.8) is 0 Å². The van der Waals surface area contributed by atoms with Gasteiger partial charge in [-0.2, -0.15) is 0 Å². The maximum absolute atomic E-state index is 11.8. The summed E-state index contributed by atoms with van der Waals surface area (Å²) in [5.74, 6) is -1.04. The first kappa shape index (κ1) is 13.0. The van der Waals surface area contributed by atoms with Crippen LogP contribution in [0.4, 0.5) is 0 Å². The van der Waals surface area contributed by atoms with E-state index in [2.05, 4.69) is 0 Å². The molecule has 92 valence electrons. The lowest BCUT2D eigenvalue weighted by Crippen LogP contribution is -2.45. The van der Waals surface area contributed by atoms with Crippen LogP contribution < -0.4 is 0 Å². The average Bonchev–Trinajstić information content (AvgIpc) is 2.29. The van der Waals surface area contributed by atoms with E-state index >= 15 is 0 Å². The van der Waals surface area contributed by atoms with Crippen LogP contribution in [0.15, 0.2) is 0 Å². The van der Waals surface area contributed by atoms with Gasteiger partial charge in [0, 0.05) is 0 Å². The molecular weight excluding hydrogens is 208 g/mol. The van der Waals surface area contributed by atoms with E-state index < -0.39 is 23.0 Å². The Balaban J connectivity index is 2.87. The molecule has 1 saturated heterocycles. The van der Waals surface area contributed by atoms with Gasteiger partial charge < -0.3 is 9.47 Å². The first-order chi connectivity index (χ1) is 7.09. The Morgan fingerprint density at radius 3 is 2.19 bits per heavy atom. The van der Waals surface area contributed by atoms with E-state index in [1.807, 2.05) is 0 Å². The Kier molecular flexibility index (Phi) is 3.05. The Morgan fingerprint density at radius 1 is 1.38 bits per heavy atom. The third-order valence-corrected chi connectivity index (χ3v) is 3.24. The van der Waals surface area contributed by atoms with Gasteiger partial charge in [0.1, 0.15) is 6.10 Å². The van der Waals surface area contributed by atoms with Gasteiger partial charge in [-0.25, -0.2) is 0 Å². The zero-order valence-electron chi connectivity index (χ0n) is 10.8. The highest BCUT2D eigenvalue weighted by molar-refractivity contribution is 5.80. The van der Waals surface area contributed by atoms with Gasteiger partial charge in [-0.3, -0.25) is 9.59 Å². The third-order valence-electron chi connectivity index (χ3n) is 3.24. The Morgan fingerprint density at radius 2 is 1.88 bits per heavy atom. The van der Waals surface area contributed by atoms with Gasteiger partial charge in [0.25, 0.3) is 0 Å². The number of hydrogen-bond acceptors (Lipinski definition) is 4. The van der Waals surface area contributed by atoms with Crippen LogP contribution >= 0.6 is 0 Å². The van der Waals surface area contributed by atoms with Crippen LogP contribution in [0.25, 0.3) is 0 Å². The molecule has 3 atom stereocenters. The van der Waals surface area contributed by atoms with Gasteiger partial charge in [0.2, 0.25) is 0 Å². The molecular formula is C12H20O4. The van der Waals surface area contributed by atoms with Gasteiger partial charge >= 0.3 is 11.9 Å². The highest BCUT2D eigenvalue weighted by Gasteiger charge is 2.53. The number of carbonyl (C=O) groups excluding carboxylic acids is 2. The molecule has 3 unspecified atom stereocenters. The van der Waals surface area contributed by atoms with Gasteiger partial charge in [-0.05, 0) is 41.5 Å². The minimum Gasteiger partial charge on any atom is -0.458 e. The molecule has 4 nitrogen and oxygen atoms in total. The van der Waals surface area contributed by atoms with Crippen molar-refractivity contribution < 1.29 is 19.1 Å². The Hall–Kier alpha value is -1.06. The molecule has 0 aliphatic carbocycles. The van der Waals surface area contributed by atoms with Crippen LogP contribution in [-0.2, 0) is 19.1 Å². The number of esters is 2. The standard InChI is InChI=1S/C12H20O4/c1-7-9(13)15-8(2)12(7,6)16-10(14)11(3,4)5/h7-8H,1-6H3. The quantitative estimate of drug-likeness (QED) is 0.643. The molecule has 1 fully saturated rings. The Labute approximate surface area is 96.3 Å². The van der Waals surface area contributed by atoms with Crippen molar-refractivity contribution in [2.45, 2.75) is 53.2 Å². The number of rotatable bonds is 1. The van der Waals surface area contributed by atoms with Crippen molar-refractivity contribution in [2.75, 3.05) is 0 Å². The number of carbonyl (C=O) groups is 2. The number of hydrogen-bond donors (Lipinski definition) is 0. The summed E-state index contributed by atoms with van der Waals surface area (Å²) in [6.45, 7) is 10.6. The molecule has 1 aliphatic rings. The van der Waals surface area contributed by atoms with E-state index in [1.54, 1.807) is 41.5 Å². The van der Waals surface area contributed by atoms with Crippen molar-refractivity contribution in [1.82, 2.24) is 0 Å². The first-order valence-corrected chi connectivity index (χ1v) is 5.53. The summed E-state index contributed by atoms with van der Waals surface area (Å²) < 4.78 is 10.6. The van der Waals surface area contributed by atoms with Crippen LogP contribution in [0, 0.1) is 11.3 Å². The molecule has 1 heterocycles. The predicted molar refractivity (Wildman–Crippen MR) is 58.7 cm³/mol. The fourth-order valence-corrected chi connectivity index (χ4v) is 1.50. The molecule has 0 amide bonds. The van der Waals surface area contributed by atoms with Crippen molar-refractivity contribution >= 4 is 11.9 Å². The highest BCUT2D eigenvalue weighted by Crippen LogP contribution is 2.37. The Bertz CT molecular complexity index is 315. The molecule has 0 aromatic heterocycles. The maximum atomic E-state index is 11.8. The van der Waals surface area contributed by atoms with E-state index in [-0.39, 0.29) is 11.9 Å². The van der Waals surface area contributed by atoms with Crippen molar-refractivity contribution in [3.05, 3.63) is 0 Å². The summed E-state index contributed by atoms with van der Waals surface area (Å²) in [6, 6.07) is 0. The van der Waals surface area contributed by atoms with Gasteiger partial charge in [0.15, 0.2) is 5.60 Å². The smallest absolute Gasteiger partial charge is 0.313 e. The molecule has 0 aromatic carbocycles. The minimum atomic E-state index is -0.860. The zero-order valence-corrected chi connectivity index (χ0v) is 10.8. The zero-order chi connectivity index (χ0) is 12.7. The van der Waals surface area contributed by atoms with Gasteiger partial charge in [-0.15, -0.1) is 0 Å². The third kappa shape index (κ3) is 2.06. The van der Waals surface area contributed by atoms with E-state index in [1.165, 1.54) is 0 Å². The molecule has 0 bridgehead atoms. The lowest BCUT2D eigenvalue weighted by atomic mass is 9.88. The minimum absolute atomic E-state index is 0.309. The summed E-state index contributed by atoms with van der Waals surface area (Å²) in [7, 11) is 0. The lowest BCUT2D eigenvalue weighted by molar-refractivity contribution is -0.175. The summed E-state index contributed by atoms with van der Waals surface area (Å²) >= 11 is 0. The largest absolute Gasteiger partial charge is 0.458 e. The van der Waals surface area contributed by atoms with Crippen LogP contribution in [-0.4, -0.2) is 23.6 Å². The van der Waals surface area contributed by atoms with E-state index in [0.717, 1.165) is 0 Å². The van der Waals surface area contributed by atoms with Crippen LogP contribution in [0.3, 0.4) is 0 Å². The summed E-state index contributed by atoms with van der Waals surface area (Å²) in [4.78, 5) is 23.3. The molecule has 4 heteroatoms. The summed E-state index contributed by atoms with van der Waals surface area (Å²) in [6.07, 6.45) is -0.402. The second kappa shape index (κ2) is 3.75. The fraction of sp³-hybridized carbons (Fsp3) is 0.833. The van der Waals surface area contributed by atoms with E-state index in [9.17, 15) is 9.59 Å². The molecule has 0 N–H and O–H groups in total. The van der Waals surface area contributed by atoms with Crippen LogP contribution in [0.2, 0.25) is 0 Å². The molecule has 0 spiro atoms. The topological polar surface area (TPSA) is 52.6 Å². The maximum Gasteiger partial charge on any atom is 0.313 e. The predicted octanol–water partition coefficient (Wildman–Crippen LogP) is 1.92. The first-order valence-electron chi connectivity index (χ1n) is 5.53. The van der Waals surface area contributed by atoms with Gasteiger partial charge in [0.05, 0.1) is 11.3 Å². The summed E-state index contributed by atoms with van der Waals surface area (Å²) in [5.41, 5.74) is -1.43. The molecule has 1 rings (SSSR count). The van der Waals surface area contributed by atoms with Crippen molar-refractivity contribution in [3.8, 4) is 0 Å². The second-order valence-corrected chi connectivity index (χ2v) is 5.62. The number of ether oxygens (including phenoxy) is 2. The number of cyclic esters (lactones) is 1. The average molecular weight is 228 g/mol. The summed E-state index contributed by atoms with van der Waals surface area (Å²) in [5, 5.41) is 0. The van der Waals surface area contributed by atoms with Crippen LogP contribution in [0.1, 0.15) is 41.5 Å². The normalized spacial score (nSPS) is 34.8. The molecule has 0 radical (unpaired) electrons. The lowest BCUT2D eigenvalue weighted by Gasteiger charge is -2.32. The van der Waals surface area contributed by atoms with Crippen LogP contribution in [0.5, 0.6) is 0 Å². The van der Waals surface area contributed by atoms with E-state index in [4.69, 9.17) is 9.47 Å². The highest BCUT2D eigenvalue weighted by atomic mass is 16.6. The van der Waals surface area contributed by atoms with Crippen molar-refractivity contribution in [2.24, 2.45) is 11.3 Å². The second-order valence-electron chi connectivity index (χ2n) is 5.62. The fourth-order valence-electron chi connectivity index (χ4n) is 1.50. The molecule has 0 saturated carbocycles. The van der Waals surface area contributed by atoms with Gasteiger partial charge in [-0.1, -0.05) is 0 Å². The SMILES string of the molecule is CC1OC(=O)C(C)C1(C)OC(=O)C(C)(C)C.